The molecule has 3 atom stereocenters. The summed E-state index contributed by atoms with van der Waals surface area (Å²) in [6.45, 7) is -0.550. The van der Waals surface area contributed by atoms with Crippen molar-refractivity contribution in [2.75, 3.05) is 12.3 Å². The molecule has 1 aliphatic heterocycles. The molecule has 1 aliphatic rings. The maximum absolute atomic E-state index is 10.5. The maximum atomic E-state index is 10.5. The quantitative estimate of drug-likeness (QED) is 0.386. The van der Waals surface area contributed by atoms with E-state index in [2.05, 4.69) is 19.5 Å². The molecule has 2 aromatic heterocycles. The zero-order valence-electron chi connectivity index (χ0n) is 13.1. The molecule has 3 unspecified atom stereocenters. The Kier molecular flexibility index (Phi) is 8.27. The molecule has 0 aliphatic carbocycles. The Balaban J connectivity index is 0.00000144. The van der Waals surface area contributed by atoms with E-state index in [0.29, 0.717) is 11.2 Å². The average molecular weight is 375 g/mol. The van der Waals surface area contributed by atoms with Crippen LogP contribution in [0.15, 0.2) is 12.7 Å². The van der Waals surface area contributed by atoms with Gasteiger partial charge in [-0.2, -0.15) is 0 Å². The smallest absolute Gasteiger partial charge is 0.790 e. The van der Waals surface area contributed by atoms with Gasteiger partial charge >= 0.3 is 59.1 Å². The molecule has 3 heterocycles. The third-order valence-corrected chi connectivity index (χ3v) is 3.76. The first-order chi connectivity index (χ1) is 10.3. The molecule has 24 heavy (non-hydrogen) atoms. The minimum atomic E-state index is -5.12. The van der Waals surface area contributed by atoms with E-state index in [1.807, 2.05) is 0 Å². The molecule has 0 spiro atoms. The van der Waals surface area contributed by atoms with Crippen LogP contribution >= 0.6 is 7.82 Å². The van der Waals surface area contributed by atoms with Crippen LogP contribution < -0.4 is 74.6 Å². The van der Waals surface area contributed by atoms with Gasteiger partial charge in [0.05, 0.1) is 26.9 Å². The van der Waals surface area contributed by atoms with Crippen molar-refractivity contribution in [1.29, 1.82) is 0 Å². The minimum absolute atomic E-state index is 0. The number of rotatable bonds is 4. The van der Waals surface area contributed by atoms with Crippen molar-refractivity contribution in [3.05, 3.63) is 12.7 Å². The van der Waals surface area contributed by atoms with E-state index in [1.54, 1.807) is 4.57 Å². The third kappa shape index (κ3) is 4.97. The fourth-order valence-corrected chi connectivity index (χ4v) is 2.61. The van der Waals surface area contributed by atoms with Crippen molar-refractivity contribution in [2.45, 2.75) is 24.9 Å². The fourth-order valence-electron chi connectivity index (χ4n) is 2.28. The zero-order valence-corrected chi connectivity index (χ0v) is 18.0. The van der Waals surface area contributed by atoms with Crippen LogP contribution in [-0.4, -0.2) is 43.4 Å². The number of nitrogen functional groups attached to an aromatic ring is 1. The number of nitrogens with two attached hydrogens (primary N) is 1. The number of aliphatic hydroxyl groups excluding tert-OH is 1. The Morgan fingerprint density at radius 1 is 1.42 bits per heavy atom. The predicted molar refractivity (Wildman–Crippen MR) is 67.8 cm³/mol. The summed E-state index contributed by atoms with van der Waals surface area (Å²) in [5.41, 5.74) is 6.49. The zero-order chi connectivity index (χ0) is 15.9. The van der Waals surface area contributed by atoms with Gasteiger partial charge in [-0.3, -0.25) is 4.57 Å². The van der Waals surface area contributed by atoms with Gasteiger partial charge in [0.1, 0.15) is 24.2 Å². The number of ether oxygens (including phenoxy) is 1. The topological polar surface area (TPSA) is 172 Å². The number of aliphatic hydroxyl groups is 1. The number of fused-ring (bicyclic) bond motifs is 1. The van der Waals surface area contributed by atoms with Crippen LogP contribution in [0.3, 0.4) is 0 Å². The van der Waals surface area contributed by atoms with E-state index in [0.717, 1.165) is 0 Å². The SMILES string of the molecule is Nc1ncnc2c1ncn2C1CC(O)C(COP(=O)([O-])[O-])O1.[Na+].[Na+]. The Morgan fingerprint density at radius 3 is 2.79 bits per heavy atom. The maximum Gasteiger partial charge on any atom is 1.00 e. The molecule has 0 amide bonds. The van der Waals surface area contributed by atoms with Crippen molar-refractivity contribution < 1.29 is 87.8 Å². The number of nitrogens with zero attached hydrogens (tertiary/aromatic N) is 4. The van der Waals surface area contributed by atoms with Crippen molar-refractivity contribution in [1.82, 2.24) is 19.5 Å². The Labute approximate surface area is 180 Å². The van der Waals surface area contributed by atoms with Crippen LogP contribution in [0.25, 0.3) is 11.2 Å². The second kappa shape index (κ2) is 8.85. The van der Waals surface area contributed by atoms with Crippen molar-refractivity contribution in [3.8, 4) is 0 Å². The summed E-state index contributed by atoms with van der Waals surface area (Å²) < 4.78 is 21.7. The molecule has 0 bridgehead atoms. The number of hydrogen-bond donors (Lipinski definition) is 2. The van der Waals surface area contributed by atoms with Gasteiger partial charge in [0.15, 0.2) is 11.5 Å². The van der Waals surface area contributed by atoms with Gasteiger partial charge in [-0.05, 0) is 0 Å². The summed E-state index contributed by atoms with van der Waals surface area (Å²) in [6.07, 6.45) is 0.285. The summed E-state index contributed by atoms with van der Waals surface area (Å²) in [5.74, 6) is 0.209. The van der Waals surface area contributed by atoms with Gasteiger partial charge in [0.25, 0.3) is 0 Å². The molecule has 0 radical (unpaired) electrons. The number of hydrogen-bond acceptors (Lipinski definition) is 10. The Bertz CT molecular complexity index is 742. The molecule has 120 valence electrons. The number of aromatic nitrogens is 4. The molecule has 1 saturated heterocycles. The second-order valence-electron chi connectivity index (χ2n) is 4.76. The largest absolute Gasteiger partial charge is 1.00 e. The van der Waals surface area contributed by atoms with Gasteiger partial charge in [-0.1, -0.05) is 0 Å². The minimum Gasteiger partial charge on any atom is -0.790 e. The van der Waals surface area contributed by atoms with Crippen molar-refractivity contribution in [3.63, 3.8) is 0 Å². The average Bonchev–Trinajstić information content (AvgIpc) is 3.00. The van der Waals surface area contributed by atoms with E-state index in [1.165, 1.54) is 12.7 Å². The Hall–Kier alpha value is 0.380. The van der Waals surface area contributed by atoms with Crippen LogP contribution in [0.1, 0.15) is 12.6 Å². The molecular formula is C10H12N5Na2O6P. The standard InChI is InChI=1S/C10H14N5O6P.2Na/c11-9-8-10(13-3-12-9)15(4-14-8)7-1-5(16)6(21-7)2-20-22(17,18)19;;/h3-7,16H,1-2H2,(H2,11,12,13)(H2,17,18,19);;/q;2*+1/p-2. The molecule has 2 aromatic rings. The number of phosphoric ester groups is 1. The number of phosphoric acid groups is 1. The van der Waals surface area contributed by atoms with Crippen molar-refractivity contribution in [2.24, 2.45) is 0 Å². The monoisotopic (exact) mass is 375 g/mol. The van der Waals surface area contributed by atoms with Crippen LogP contribution in [0, 0.1) is 0 Å². The number of imidazole rings is 1. The summed E-state index contributed by atoms with van der Waals surface area (Å²) in [4.78, 5) is 32.9. The second-order valence-corrected chi connectivity index (χ2v) is 5.91. The summed E-state index contributed by atoms with van der Waals surface area (Å²) in [6, 6.07) is 0. The molecule has 0 saturated carbocycles. The van der Waals surface area contributed by atoms with Crippen LogP contribution in [0.5, 0.6) is 0 Å². The first-order valence-electron chi connectivity index (χ1n) is 6.28. The van der Waals surface area contributed by atoms with E-state index in [-0.39, 0.29) is 71.4 Å². The van der Waals surface area contributed by atoms with Gasteiger partial charge in [-0.15, -0.1) is 0 Å². The van der Waals surface area contributed by atoms with Gasteiger partial charge < -0.3 is 34.5 Å². The molecule has 0 aromatic carbocycles. The van der Waals surface area contributed by atoms with Crippen molar-refractivity contribution >= 4 is 24.8 Å². The van der Waals surface area contributed by atoms with E-state index in [9.17, 15) is 19.5 Å². The normalized spacial score (nSPS) is 23.7. The molecular weight excluding hydrogens is 363 g/mol. The molecule has 3 rings (SSSR count). The van der Waals surface area contributed by atoms with Crippen LogP contribution in [0.2, 0.25) is 0 Å². The fraction of sp³-hybridized carbons (Fsp3) is 0.500. The third-order valence-electron chi connectivity index (χ3n) is 3.30. The van der Waals surface area contributed by atoms with Crippen LogP contribution in [0.4, 0.5) is 5.82 Å². The van der Waals surface area contributed by atoms with E-state index >= 15 is 0 Å². The predicted octanol–water partition coefficient (Wildman–Crippen LogP) is -8.09. The van der Waals surface area contributed by atoms with Gasteiger partial charge in [0.2, 0.25) is 0 Å². The van der Waals surface area contributed by atoms with Crippen LogP contribution in [-0.2, 0) is 13.8 Å². The van der Waals surface area contributed by atoms with E-state index in [4.69, 9.17) is 10.5 Å². The Morgan fingerprint density at radius 2 is 2.12 bits per heavy atom. The first-order valence-corrected chi connectivity index (χ1v) is 7.74. The first kappa shape index (κ1) is 22.4. The molecule has 14 heteroatoms. The number of anilines is 1. The molecule has 11 nitrogen and oxygen atoms in total. The van der Waals surface area contributed by atoms with E-state index < -0.39 is 32.9 Å². The summed E-state index contributed by atoms with van der Waals surface area (Å²) >= 11 is 0. The summed E-state index contributed by atoms with van der Waals surface area (Å²) in [7, 11) is -5.12. The molecule has 1 fully saturated rings. The molecule has 3 N–H and O–H groups in total. The summed E-state index contributed by atoms with van der Waals surface area (Å²) in [5, 5.41) is 9.89. The van der Waals surface area contributed by atoms with Gasteiger partial charge in [-0.25, -0.2) is 15.0 Å². The van der Waals surface area contributed by atoms with Gasteiger partial charge in [0, 0.05) is 6.42 Å².